The molecule has 0 amide bonds. The highest BCUT2D eigenvalue weighted by molar-refractivity contribution is 5.79. The Morgan fingerprint density at radius 2 is 2.20 bits per heavy atom. The highest BCUT2D eigenvalue weighted by Crippen LogP contribution is 2.27. The van der Waals surface area contributed by atoms with Crippen LogP contribution >= 0.6 is 0 Å². The minimum atomic E-state index is -2.80. The Morgan fingerprint density at radius 3 is 2.85 bits per heavy atom. The number of hydrogen-bond donors (Lipinski definition) is 2. The van der Waals surface area contributed by atoms with Crippen LogP contribution in [0.5, 0.6) is 5.75 Å². The number of halogens is 2. The van der Waals surface area contributed by atoms with Gasteiger partial charge in [0.25, 0.3) is 0 Å². The maximum atomic E-state index is 12.1. The van der Waals surface area contributed by atoms with Gasteiger partial charge >= 0.3 is 6.61 Å². The van der Waals surface area contributed by atoms with Crippen LogP contribution in [0.2, 0.25) is 0 Å². The monoisotopic (exact) mass is 283 g/mol. The van der Waals surface area contributed by atoms with Gasteiger partial charge in [-0.25, -0.2) is 0 Å². The number of nitrogens with zero attached hydrogens (tertiary/aromatic N) is 1. The van der Waals surface area contributed by atoms with E-state index < -0.39 is 6.61 Å². The Kier molecular flexibility index (Phi) is 5.15. The number of benzene rings is 1. The van der Waals surface area contributed by atoms with E-state index in [0.29, 0.717) is 6.54 Å². The molecule has 1 aliphatic carbocycles. The number of hydrogen-bond acceptors (Lipinski definition) is 2. The van der Waals surface area contributed by atoms with Crippen LogP contribution in [0.4, 0.5) is 8.78 Å². The summed E-state index contributed by atoms with van der Waals surface area (Å²) in [7, 11) is 1.71. The minimum absolute atomic E-state index is 0.167. The summed E-state index contributed by atoms with van der Waals surface area (Å²) in [5.74, 6) is 1.65. The summed E-state index contributed by atoms with van der Waals surface area (Å²) in [5.41, 5.74) is 0.859. The van der Waals surface area contributed by atoms with Crippen molar-refractivity contribution in [2.75, 3.05) is 13.6 Å². The quantitative estimate of drug-likeness (QED) is 0.622. The van der Waals surface area contributed by atoms with Gasteiger partial charge in [-0.2, -0.15) is 8.78 Å². The van der Waals surface area contributed by atoms with Crippen LogP contribution in [-0.2, 0) is 6.54 Å². The van der Waals surface area contributed by atoms with Gasteiger partial charge in [-0.3, -0.25) is 4.99 Å². The maximum Gasteiger partial charge on any atom is 0.387 e. The Morgan fingerprint density at radius 1 is 1.40 bits per heavy atom. The van der Waals surface area contributed by atoms with Crippen LogP contribution in [0, 0.1) is 5.92 Å². The number of nitrogens with one attached hydrogen (secondary N) is 2. The molecule has 1 aliphatic rings. The van der Waals surface area contributed by atoms with Gasteiger partial charge in [0.15, 0.2) is 5.96 Å². The largest absolute Gasteiger partial charge is 0.435 e. The van der Waals surface area contributed by atoms with Gasteiger partial charge in [-0.1, -0.05) is 12.1 Å². The van der Waals surface area contributed by atoms with E-state index >= 15 is 0 Å². The molecule has 0 atom stereocenters. The zero-order valence-corrected chi connectivity index (χ0v) is 11.4. The van der Waals surface area contributed by atoms with E-state index in [9.17, 15) is 8.78 Å². The number of guanidine groups is 1. The highest BCUT2D eigenvalue weighted by Gasteiger charge is 2.20. The van der Waals surface area contributed by atoms with Crippen molar-refractivity contribution in [1.82, 2.24) is 10.6 Å². The van der Waals surface area contributed by atoms with Gasteiger partial charge in [0, 0.05) is 20.1 Å². The van der Waals surface area contributed by atoms with Crippen molar-refractivity contribution in [3.63, 3.8) is 0 Å². The molecule has 0 bridgehead atoms. The molecule has 1 aromatic carbocycles. The van der Waals surface area contributed by atoms with E-state index in [4.69, 9.17) is 0 Å². The number of alkyl halides is 2. The molecule has 110 valence electrons. The third kappa shape index (κ3) is 5.03. The van der Waals surface area contributed by atoms with E-state index in [1.165, 1.54) is 18.9 Å². The third-order valence-electron chi connectivity index (χ3n) is 3.06. The molecule has 0 spiro atoms. The van der Waals surface area contributed by atoms with Gasteiger partial charge in [0.1, 0.15) is 5.75 Å². The molecule has 1 fully saturated rings. The van der Waals surface area contributed by atoms with Crippen LogP contribution in [-0.4, -0.2) is 26.2 Å². The van der Waals surface area contributed by atoms with Crippen molar-refractivity contribution in [2.24, 2.45) is 10.9 Å². The van der Waals surface area contributed by atoms with Gasteiger partial charge in [0.05, 0.1) is 0 Å². The van der Waals surface area contributed by atoms with E-state index in [2.05, 4.69) is 20.4 Å². The van der Waals surface area contributed by atoms with Gasteiger partial charge < -0.3 is 15.4 Å². The summed E-state index contributed by atoms with van der Waals surface area (Å²) in [5, 5.41) is 6.38. The van der Waals surface area contributed by atoms with Crippen LogP contribution in [0.1, 0.15) is 18.4 Å². The predicted molar refractivity (Wildman–Crippen MR) is 74.0 cm³/mol. The first-order valence-corrected chi connectivity index (χ1v) is 6.65. The lowest BCUT2D eigenvalue weighted by atomic mass is 10.2. The van der Waals surface area contributed by atoms with Gasteiger partial charge in [0.2, 0.25) is 0 Å². The fraction of sp³-hybridized carbons (Fsp3) is 0.500. The molecule has 0 aromatic heterocycles. The average Bonchev–Trinajstić information content (AvgIpc) is 3.23. The maximum absolute atomic E-state index is 12.1. The summed E-state index contributed by atoms with van der Waals surface area (Å²) >= 11 is 0. The van der Waals surface area contributed by atoms with Crippen LogP contribution in [0.15, 0.2) is 29.3 Å². The predicted octanol–water partition coefficient (Wildman–Crippen LogP) is 2.36. The topological polar surface area (TPSA) is 45.7 Å². The minimum Gasteiger partial charge on any atom is -0.435 e. The lowest BCUT2D eigenvalue weighted by molar-refractivity contribution is -0.0498. The molecule has 2 rings (SSSR count). The molecule has 1 saturated carbocycles. The zero-order chi connectivity index (χ0) is 14.4. The Hall–Kier alpha value is -1.85. The second-order valence-corrected chi connectivity index (χ2v) is 4.78. The third-order valence-corrected chi connectivity index (χ3v) is 3.06. The molecular weight excluding hydrogens is 264 g/mol. The summed E-state index contributed by atoms with van der Waals surface area (Å²) in [6.45, 7) is -1.37. The first-order valence-electron chi connectivity index (χ1n) is 6.65. The molecule has 0 radical (unpaired) electrons. The van der Waals surface area contributed by atoms with E-state index in [1.807, 2.05) is 6.07 Å². The number of aliphatic imine (C=N–C) groups is 1. The normalized spacial score (nSPS) is 15.3. The van der Waals surface area contributed by atoms with Crippen molar-refractivity contribution in [3.05, 3.63) is 29.8 Å². The Labute approximate surface area is 117 Å². The van der Waals surface area contributed by atoms with Crippen LogP contribution in [0.25, 0.3) is 0 Å². The first-order chi connectivity index (χ1) is 9.67. The molecule has 20 heavy (non-hydrogen) atoms. The van der Waals surface area contributed by atoms with Crippen molar-refractivity contribution in [3.8, 4) is 5.75 Å². The zero-order valence-electron chi connectivity index (χ0n) is 11.4. The Bertz CT molecular complexity index is 461. The molecular formula is C14H19F2N3O. The molecule has 2 N–H and O–H groups in total. The molecule has 0 unspecified atom stereocenters. The van der Waals surface area contributed by atoms with Crippen molar-refractivity contribution in [1.29, 1.82) is 0 Å². The number of rotatable bonds is 6. The molecule has 1 aromatic rings. The van der Waals surface area contributed by atoms with Crippen LogP contribution in [0.3, 0.4) is 0 Å². The summed E-state index contributed by atoms with van der Waals surface area (Å²) in [6, 6.07) is 6.64. The lowest BCUT2D eigenvalue weighted by Gasteiger charge is -2.12. The summed E-state index contributed by atoms with van der Waals surface area (Å²) in [4.78, 5) is 4.12. The fourth-order valence-electron chi connectivity index (χ4n) is 1.80. The molecule has 0 heterocycles. The highest BCUT2D eigenvalue weighted by atomic mass is 19.3. The first kappa shape index (κ1) is 14.6. The summed E-state index contributed by atoms with van der Waals surface area (Å²) < 4.78 is 28.6. The second kappa shape index (κ2) is 7.07. The van der Waals surface area contributed by atoms with Crippen LogP contribution < -0.4 is 15.4 Å². The van der Waals surface area contributed by atoms with E-state index in [1.54, 1.807) is 19.2 Å². The Balaban J connectivity index is 1.82. The molecule has 0 aliphatic heterocycles. The standard InChI is InChI=1S/C14H19F2N3O/c1-17-14(18-8-10-5-6-10)19-9-11-3-2-4-12(7-11)20-13(15)16/h2-4,7,10,13H,5-6,8-9H2,1H3,(H2,17,18,19). The lowest BCUT2D eigenvalue weighted by Crippen LogP contribution is -2.37. The van der Waals surface area contributed by atoms with Gasteiger partial charge in [-0.05, 0) is 36.5 Å². The van der Waals surface area contributed by atoms with Gasteiger partial charge in [-0.15, -0.1) is 0 Å². The van der Waals surface area contributed by atoms with E-state index in [-0.39, 0.29) is 5.75 Å². The summed E-state index contributed by atoms with van der Waals surface area (Å²) in [6.07, 6.45) is 2.55. The smallest absolute Gasteiger partial charge is 0.387 e. The van der Waals surface area contributed by atoms with E-state index in [0.717, 1.165) is 24.0 Å². The fourth-order valence-corrected chi connectivity index (χ4v) is 1.80. The second-order valence-electron chi connectivity index (χ2n) is 4.78. The van der Waals surface area contributed by atoms with Crippen molar-refractivity contribution < 1.29 is 13.5 Å². The molecule has 0 saturated heterocycles. The van der Waals surface area contributed by atoms with Crippen molar-refractivity contribution in [2.45, 2.75) is 26.0 Å². The SMILES string of the molecule is CN=C(NCc1cccc(OC(F)F)c1)NCC1CC1. The van der Waals surface area contributed by atoms with Crippen molar-refractivity contribution >= 4 is 5.96 Å². The average molecular weight is 283 g/mol. The molecule has 4 nitrogen and oxygen atoms in total. The molecule has 6 heteroatoms. The number of ether oxygens (including phenoxy) is 1.